The zero-order valence-electron chi connectivity index (χ0n) is 18.4. The number of methoxy groups -OCH3 is 1. The molecule has 32 heavy (non-hydrogen) atoms. The first-order valence-electron chi connectivity index (χ1n) is 10.7. The summed E-state index contributed by atoms with van der Waals surface area (Å²) in [6.07, 6.45) is 3.21. The maximum atomic E-state index is 13.5. The van der Waals surface area contributed by atoms with Crippen molar-refractivity contribution < 1.29 is 9.53 Å². The van der Waals surface area contributed by atoms with E-state index < -0.39 is 0 Å². The van der Waals surface area contributed by atoms with Gasteiger partial charge in [0.05, 0.1) is 29.5 Å². The molecule has 0 N–H and O–H groups in total. The zero-order valence-corrected chi connectivity index (χ0v) is 20.0. The number of thioether (sulfide) groups is 1. The standard InChI is InChI=1S/C24H26ClN3O3S/c1-15-12-20(21(31-3)13-18(15)25)28-23(30)17-9-4-5-10-19(17)26-24(28)32-14-22(29)27-11-7-6-8-16(27)2/h4-5,9-10,12-13,16H,6-8,11,14H2,1-3H3/t16-/m0/s1. The topological polar surface area (TPSA) is 64.4 Å². The molecule has 1 aliphatic rings. The van der Waals surface area contributed by atoms with Crippen molar-refractivity contribution in [3.63, 3.8) is 0 Å². The molecular weight excluding hydrogens is 446 g/mol. The number of hydrogen-bond donors (Lipinski definition) is 0. The molecule has 1 aromatic heterocycles. The minimum Gasteiger partial charge on any atom is -0.495 e. The number of halogens is 1. The van der Waals surface area contributed by atoms with Crippen LogP contribution in [0.5, 0.6) is 5.75 Å². The number of benzene rings is 2. The number of fused-ring (bicyclic) bond motifs is 1. The highest BCUT2D eigenvalue weighted by atomic mass is 35.5. The molecule has 1 atom stereocenters. The first-order valence-corrected chi connectivity index (χ1v) is 12.1. The monoisotopic (exact) mass is 471 g/mol. The lowest BCUT2D eigenvalue weighted by Gasteiger charge is -2.33. The summed E-state index contributed by atoms with van der Waals surface area (Å²) in [5.74, 6) is 0.748. The molecule has 0 aliphatic carbocycles. The Morgan fingerprint density at radius 2 is 2.06 bits per heavy atom. The summed E-state index contributed by atoms with van der Waals surface area (Å²) in [4.78, 5) is 33.2. The van der Waals surface area contributed by atoms with Crippen molar-refractivity contribution in [2.45, 2.75) is 44.3 Å². The third-order valence-corrected chi connectivity index (χ3v) is 7.22. The fraction of sp³-hybridized carbons (Fsp3) is 0.375. The molecule has 6 nitrogen and oxygen atoms in total. The normalized spacial score (nSPS) is 16.4. The summed E-state index contributed by atoms with van der Waals surface area (Å²) >= 11 is 7.57. The molecule has 0 radical (unpaired) electrons. The molecule has 8 heteroatoms. The lowest BCUT2D eigenvalue weighted by Crippen LogP contribution is -2.43. The molecule has 2 heterocycles. The van der Waals surface area contributed by atoms with E-state index in [4.69, 9.17) is 21.3 Å². The zero-order chi connectivity index (χ0) is 22.8. The molecule has 1 amide bonds. The van der Waals surface area contributed by atoms with Crippen molar-refractivity contribution in [1.82, 2.24) is 14.5 Å². The third kappa shape index (κ3) is 4.36. The number of carbonyl (C=O) groups excluding carboxylic acids is 1. The number of carbonyl (C=O) groups is 1. The Kier molecular flexibility index (Phi) is 6.76. The first-order chi connectivity index (χ1) is 15.4. The molecule has 0 unspecified atom stereocenters. The second-order valence-corrected chi connectivity index (χ2v) is 9.40. The number of aryl methyl sites for hydroxylation is 1. The second kappa shape index (κ2) is 9.55. The average molecular weight is 472 g/mol. The first kappa shape index (κ1) is 22.7. The smallest absolute Gasteiger partial charge is 0.266 e. The van der Waals surface area contributed by atoms with Crippen molar-refractivity contribution in [2.75, 3.05) is 19.4 Å². The van der Waals surface area contributed by atoms with E-state index in [2.05, 4.69) is 6.92 Å². The highest BCUT2D eigenvalue weighted by Crippen LogP contribution is 2.32. The van der Waals surface area contributed by atoms with Gasteiger partial charge in [-0.15, -0.1) is 0 Å². The van der Waals surface area contributed by atoms with Gasteiger partial charge in [0.25, 0.3) is 5.56 Å². The lowest BCUT2D eigenvalue weighted by atomic mass is 10.0. The number of amides is 1. The van der Waals surface area contributed by atoms with Gasteiger partial charge in [0, 0.05) is 23.7 Å². The largest absolute Gasteiger partial charge is 0.495 e. The lowest BCUT2D eigenvalue weighted by molar-refractivity contribution is -0.131. The van der Waals surface area contributed by atoms with Crippen molar-refractivity contribution in [3.8, 4) is 11.4 Å². The molecule has 0 bridgehead atoms. The van der Waals surface area contributed by atoms with Crippen molar-refractivity contribution in [1.29, 1.82) is 0 Å². The Hall–Kier alpha value is -2.51. The number of rotatable bonds is 5. The molecular formula is C24H26ClN3O3S. The van der Waals surface area contributed by atoms with Crippen molar-refractivity contribution in [3.05, 3.63) is 57.3 Å². The Labute approximate surface area is 196 Å². The maximum Gasteiger partial charge on any atom is 0.266 e. The number of para-hydroxylation sites is 1. The molecule has 1 aliphatic heterocycles. The molecule has 0 saturated carbocycles. The highest BCUT2D eigenvalue weighted by Gasteiger charge is 2.24. The molecule has 3 aromatic rings. The van der Waals surface area contributed by atoms with E-state index >= 15 is 0 Å². The summed E-state index contributed by atoms with van der Waals surface area (Å²) in [5, 5.41) is 1.50. The number of piperidine rings is 1. The Balaban J connectivity index is 1.79. The van der Waals surface area contributed by atoms with Crippen LogP contribution in [0.15, 0.2) is 46.3 Å². The molecule has 1 fully saturated rings. The Bertz CT molecular complexity index is 1230. The van der Waals surface area contributed by atoms with Gasteiger partial charge in [-0.05, 0) is 56.9 Å². The van der Waals surface area contributed by atoms with Gasteiger partial charge in [-0.25, -0.2) is 4.98 Å². The van der Waals surface area contributed by atoms with Crippen LogP contribution in [-0.2, 0) is 4.79 Å². The summed E-state index contributed by atoms with van der Waals surface area (Å²) in [6.45, 7) is 4.74. The summed E-state index contributed by atoms with van der Waals surface area (Å²) in [5.41, 5.74) is 1.76. The number of ether oxygens (including phenoxy) is 1. The quantitative estimate of drug-likeness (QED) is 0.393. The predicted molar refractivity (Wildman–Crippen MR) is 129 cm³/mol. The van der Waals surface area contributed by atoms with Crippen LogP contribution in [0.25, 0.3) is 16.6 Å². The summed E-state index contributed by atoms with van der Waals surface area (Å²) < 4.78 is 7.07. The maximum absolute atomic E-state index is 13.5. The van der Waals surface area contributed by atoms with Gasteiger partial charge in [-0.2, -0.15) is 0 Å². The average Bonchev–Trinajstić information content (AvgIpc) is 2.79. The van der Waals surface area contributed by atoms with Crippen LogP contribution in [-0.4, -0.2) is 45.8 Å². The summed E-state index contributed by atoms with van der Waals surface area (Å²) in [6, 6.07) is 11.0. The van der Waals surface area contributed by atoms with Crippen LogP contribution in [0, 0.1) is 6.92 Å². The number of hydrogen-bond acceptors (Lipinski definition) is 5. The highest BCUT2D eigenvalue weighted by molar-refractivity contribution is 7.99. The Morgan fingerprint density at radius 1 is 1.28 bits per heavy atom. The minimum atomic E-state index is -0.211. The second-order valence-electron chi connectivity index (χ2n) is 8.05. The van der Waals surface area contributed by atoms with Crippen LogP contribution in [0.4, 0.5) is 0 Å². The van der Waals surface area contributed by atoms with Crippen LogP contribution < -0.4 is 10.3 Å². The molecule has 2 aromatic carbocycles. The van der Waals surface area contributed by atoms with E-state index in [1.807, 2.05) is 36.1 Å². The SMILES string of the molecule is COc1cc(Cl)c(C)cc1-n1c(SCC(=O)N2CCCC[C@@H]2C)nc2ccccc2c1=O. The van der Waals surface area contributed by atoms with E-state index in [9.17, 15) is 9.59 Å². The summed E-state index contributed by atoms with van der Waals surface area (Å²) in [7, 11) is 1.54. The van der Waals surface area contributed by atoms with Gasteiger partial charge in [0.15, 0.2) is 5.16 Å². The van der Waals surface area contributed by atoms with E-state index in [1.54, 1.807) is 12.1 Å². The molecule has 1 saturated heterocycles. The van der Waals surface area contributed by atoms with Crippen LogP contribution in [0.2, 0.25) is 5.02 Å². The number of likely N-dealkylation sites (tertiary alicyclic amines) is 1. The van der Waals surface area contributed by atoms with Crippen LogP contribution >= 0.6 is 23.4 Å². The van der Waals surface area contributed by atoms with Crippen molar-refractivity contribution in [2.24, 2.45) is 0 Å². The Morgan fingerprint density at radius 3 is 2.81 bits per heavy atom. The molecule has 168 valence electrons. The minimum absolute atomic E-state index is 0.0652. The van der Waals surface area contributed by atoms with Crippen molar-refractivity contribution >= 4 is 40.2 Å². The molecule has 0 spiro atoms. The predicted octanol–water partition coefficient (Wildman–Crippen LogP) is 4.85. The van der Waals surface area contributed by atoms with Gasteiger partial charge in [0.1, 0.15) is 5.75 Å². The van der Waals surface area contributed by atoms with Gasteiger partial charge in [-0.3, -0.25) is 14.2 Å². The van der Waals surface area contributed by atoms with E-state index in [0.29, 0.717) is 32.5 Å². The van der Waals surface area contributed by atoms with Gasteiger partial charge in [0.2, 0.25) is 5.91 Å². The van der Waals surface area contributed by atoms with Crippen LogP contribution in [0.3, 0.4) is 0 Å². The van der Waals surface area contributed by atoms with E-state index in [0.717, 1.165) is 31.4 Å². The number of nitrogens with zero attached hydrogens (tertiary/aromatic N) is 3. The van der Waals surface area contributed by atoms with Gasteiger partial charge >= 0.3 is 0 Å². The van der Waals surface area contributed by atoms with Crippen LogP contribution in [0.1, 0.15) is 31.7 Å². The molecule has 4 rings (SSSR count). The van der Waals surface area contributed by atoms with Gasteiger partial charge < -0.3 is 9.64 Å². The van der Waals surface area contributed by atoms with Gasteiger partial charge in [-0.1, -0.05) is 35.5 Å². The fourth-order valence-corrected chi connectivity index (χ4v) is 5.13. The third-order valence-electron chi connectivity index (χ3n) is 5.89. The van der Waals surface area contributed by atoms with E-state index in [-0.39, 0.29) is 23.3 Å². The number of aromatic nitrogens is 2. The fourth-order valence-electron chi connectivity index (χ4n) is 4.09. The van der Waals surface area contributed by atoms with E-state index in [1.165, 1.54) is 23.4 Å².